The Labute approximate surface area is 85.4 Å². The van der Waals surface area contributed by atoms with Crippen LogP contribution in [0.25, 0.3) is 0 Å². The van der Waals surface area contributed by atoms with Gasteiger partial charge in [-0.25, -0.2) is 14.1 Å². The zero-order chi connectivity index (χ0) is 10.7. The number of hydrogen-bond donors (Lipinski definition) is 0. The Kier molecular flexibility index (Phi) is 2.53. The van der Waals surface area contributed by atoms with Gasteiger partial charge in [-0.05, 0) is 24.3 Å². The zero-order valence-corrected chi connectivity index (χ0v) is 7.80. The second kappa shape index (κ2) is 4.00. The maximum Gasteiger partial charge on any atom is 0.184 e. The minimum Gasteiger partial charge on any atom is -0.292 e. The van der Waals surface area contributed by atoms with Crippen LogP contribution in [0.15, 0.2) is 36.9 Å². The summed E-state index contributed by atoms with van der Waals surface area (Å²) in [6.07, 6.45) is 2.82. The molecule has 0 saturated carbocycles. The van der Waals surface area contributed by atoms with Crippen molar-refractivity contribution >= 4 is 5.78 Å². The minimum atomic E-state index is -0.354. The fraction of sp³-hybridized carbons (Fsp3) is 0.100. The summed E-state index contributed by atoms with van der Waals surface area (Å²) in [4.78, 5) is 15.3. The van der Waals surface area contributed by atoms with E-state index < -0.39 is 0 Å². The van der Waals surface area contributed by atoms with Crippen LogP contribution in [0.5, 0.6) is 0 Å². The molecule has 1 aromatic heterocycles. The molecule has 15 heavy (non-hydrogen) atoms. The molecule has 2 rings (SSSR count). The Bertz CT molecular complexity index is 450. The summed E-state index contributed by atoms with van der Waals surface area (Å²) in [5.74, 6) is -0.479. The first-order valence-electron chi connectivity index (χ1n) is 4.37. The average molecular weight is 205 g/mol. The van der Waals surface area contributed by atoms with Crippen molar-refractivity contribution in [2.75, 3.05) is 0 Å². The predicted molar refractivity (Wildman–Crippen MR) is 50.8 cm³/mol. The summed E-state index contributed by atoms with van der Waals surface area (Å²) < 4.78 is 14.0. The molecule has 0 unspecified atom stereocenters. The maximum atomic E-state index is 12.6. The lowest BCUT2D eigenvalue weighted by atomic mass is 10.1. The van der Waals surface area contributed by atoms with Crippen molar-refractivity contribution in [3.8, 4) is 0 Å². The van der Waals surface area contributed by atoms with Crippen LogP contribution in [0.3, 0.4) is 0 Å². The SMILES string of the molecule is O=C(Cn1cncn1)c1ccc(F)cc1. The molecular formula is C10H8FN3O. The summed E-state index contributed by atoms with van der Waals surface area (Å²) in [6.45, 7) is 0.117. The predicted octanol–water partition coefficient (Wildman–Crippen LogP) is 1.30. The third kappa shape index (κ3) is 2.25. The lowest BCUT2D eigenvalue weighted by Gasteiger charge is -2.00. The first-order chi connectivity index (χ1) is 7.25. The van der Waals surface area contributed by atoms with Crippen LogP contribution in [0.1, 0.15) is 10.4 Å². The van der Waals surface area contributed by atoms with Crippen molar-refractivity contribution < 1.29 is 9.18 Å². The summed E-state index contributed by atoms with van der Waals surface area (Å²) in [6, 6.07) is 5.42. The van der Waals surface area contributed by atoms with Gasteiger partial charge in [-0.2, -0.15) is 5.10 Å². The van der Waals surface area contributed by atoms with Gasteiger partial charge in [0.25, 0.3) is 0 Å². The highest BCUT2D eigenvalue weighted by molar-refractivity contribution is 5.95. The van der Waals surface area contributed by atoms with Crippen LogP contribution >= 0.6 is 0 Å². The fourth-order valence-electron chi connectivity index (χ4n) is 1.19. The van der Waals surface area contributed by atoms with E-state index in [1.807, 2.05) is 0 Å². The number of Topliss-reactive ketones (excluding diaryl/α,β-unsaturated/α-hetero) is 1. The van der Waals surface area contributed by atoms with Gasteiger partial charge in [0, 0.05) is 5.56 Å². The van der Waals surface area contributed by atoms with Crippen molar-refractivity contribution in [2.45, 2.75) is 6.54 Å². The topological polar surface area (TPSA) is 47.8 Å². The maximum absolute atomic E-state index is 12.6. The smallest absolute Gasteiger partial charge is 0.184 e. The Morgan fingerprint density at radius 2 is 2.07 bits per heavy atom. The highest BCUT2D eigenvalue weighted by Crippen LogP contribution is 2.04. The Morgan fingerprint density at radius 1 is 1.33 bits per heavy atom. The highest BCUT2D eigenvalue weighted by atomic mass is 19.1. The van der Waals surface area contributed by atoms with Crippen molar-refractivity contribution in [2.24, 2.45) is 0 Å². The molecule has 0 bridgehead atoms. The molecule has 0 radical (unpaired) electrons. The van der Waals surface area contributed by atoms with Crippen molar-refractivity contribution in [1.82, 2.24) is 14.8 Å². The number of carbonyl (C=O) groups excluding carboxylic acids is 1. The van der Waals surface area contributed by atoms with E-state index in [-0.39, 0.29) is 18.1 Å². The van der Waals surface area contributed by atoms with E-state index in [9.17, 15) is 9.18 Å². The second-order valence-corrected chi connectivity index (χ2v) is 3.02. The van der Waals surface area contributed by atoms with Gasteiger partial charge < -0.3 is 0 Å². The molecule has 1 aromatic carbocycles. The third-order valence-electron chi connectivity index (χ3n) is 1.94. The number of aromatic nitrogens is 3. The number of halogens is 1. The molecule has 0 amide bonds. The quantitative estimate of drug-likeness (QED) is 0.709. The standard InChI is InChI=1S/C10H8FN3O/c11-9-3-1-8(2-4-9)10(15)5-14-7-12-6-13-14/h1-4,6-7H,5H2. The lowest BCUT2D eigenvalue weighted by molar-refractivity contribution is 0.0967. The minimum absolute atomic E-state index is 0.117. The van der Waals surface area contributed by atoms with E-state index in [1.165, 1.54) is 41.6 Å². The molecule has 5 heteroatoms. The molecule has 0 N–H and O–H groups in total. The van der Waals surface area contributed by atoms with Crippen molar-refractivity contribution in [3.05, 3.63) is 48.3 Å². The molecule has 76 valence electrons. The highest BCUT2D eigenvalue weighted by Gasteiger charge is 2.06. The van der Waals surface area contributed by atoms with Gasteiger partial charge in [-0.15, -0.1) is 0 Å². The molecule has 0 aliphatic carbocycles. The fourth-order valence-corrected chi connectivity index (χ4v) is 1.19. The number of rotatable bonds is 3. The van der Waals surface area contributed by atoms with Gasteiger partial charge in [0.2, 0.25) is 0 Å². The van der Waals surface area contributed by atoms with Gasteiger partial charge in [0.05, 0.1) is 0 Å². The van der Waals surface area contributed by atoms with Gasteiger partial charge in [-0.3, -0.25) is 4.79 Å². The van der Waals surface area contributed by atoms with E-state index in [1.54, 1.807) is 0 Å². The summed E-state index contributed by atoms with van der Waals surface area (Å²) in [7, 11) is 0. The molecule has 0 aliphatic heterocycles. The van der Waals surface area contributed by atoms with Crippen molar-refractivity contribution in [3.63, 3.8) is 0 Å². The first kappa shape index (κ1) is 9.51. The molecule has 4 nitrogen and oxygen atoms in total. The second-order valence-electron chi connectivity index (χ2n) is 3.02. The Balaban J connectivity index is 2.11. The first-order valence-corrected chi connectivity index (χ1v) is 4.37. The van der Waals surface area contributed by atoms with Crippen LogP contribution in [-0.4, -0.2) is 20.5 Å². The largest absolute Gasteiger partial charge is 0.292 e. The Hall–Kier alpha value is -2.04. The van der Waals surface area contributed by atoms with Crippen LogP contribution in [0.2, 0.25) is 0 Å². The average Bonchev–Trinajstić information content (AvgIpc) is 2.71. The van der Waals surface area contributed by atoms with E-state index in [0.717, 1.165) is 0 Å². The van der Waals surface area contributed by atoms with Crippen molar-refractivity contribution in [1.29, 1.82) is 0 Å². The number of ketones is 1. The van der Waals surface area contributed by atoms with Gasteiger partial charge in [0.1, 0.15) is 25.0 Å². The van der Waals surface area contributed by atoms with Gasteiger partial charge >= 0.3 is 0 Å². The molecule has 2 aromatic rings. The van der Waals surface area contributed by atoms with Crippen LogP contribution < -0.4 is 0 Å². The van der Waals surface area contributed by atoms with E-state index in [4.69, 9.17) is 0 Å². The molecule has 0 fully saturated rings. The van der Waals surface area contributed by atoms with Crippen LogP contribution in [0.4, 0.5) is 4.39 Å². The molecule has 0 aliphatic rings. The van der Waals surface area contributed by atoms with Gasteiger partial charge in [-0.1, -0.05) is 0 Å². The number of benzene rings is 1. The van der Waals surface area contributed by atoms with E-state index in [0.29, 0.717) is 5.56 Å². The molecule has 0 atom stereocenters. The van der Waals surface area contributed by atoms with Crippen LogP contribution in [0, 0.1) is 5.82 Å². The summed E-state index contributed by atoms with van der Waals surface area (Å²) >= 11 is 0. The summed E-state index contributed by atoms with van der Waals surface area (Å²) in [5, 5.41) is 3.81. The van der Waals surface area contributed by atoms with E-state index >= 15 is 0 Å². The lowest BCUT2D eigenvalue weighted by Crippen LogP contribution is -2.10. The monoisotopic (exact) mass is 205 g/mol. The summed E-state index contributed by atoms with van der Waals surface area (Å²) in [5.41, 5.74) is 0.465. The number of nitrogens with zero attached hydrogens (tertiary/aromatic N) is 3. The molecular weight excluding hydrogens is 197 g/mol. The molecule has 1 heterocycles. The normalized spacial score (nSPS) is 10.2. The number of hydrogen-bond acceptors (Lipinski definition) is 3. The molecule has 0 saturated heterocycles. The molecule has 0 spiro atoms. The zero-order valence-electron chi connectivity index (χ0n) is 7.80. The number of carbonyl (C=O) groups is 1. The van der Waals surface area contributed by atoms with Crippen LogP contribution in [-0.2, 0) is 6.54 Å². The third-order valence-corrected chi connectivity index (χ3v) is 1.94. The van der Waals surface area contributed by atoms with Gasteiger partial charge in [0.15, 0.2) is 5.78 Å². The van der Waals surface area contributed by atoms with E-state index in [2.05, 4.69) is 10.1 Å². The Morgan fingerprint density at radius 3 is 2.67 bits per heavy atom.